The van der Waals surface area contributed by atoms with E-state index in [1.165, 1.54) is 26.2 Å². The fourth-order valence-electron chi connectivity index (χ4n) is 7.92. The van der Waals surface area contributed by atoms with Crippen molar-refractivity contribution in [1.29, 1.82) is 0 Å². The number of carbonyl (C=O) groups excluding carboxylic acids is 2. The van der Waals surface area contributed by atoms with Crippen molar-refractivity contribution in [2.24, 2.45) is 5.92 Å². The van der Waals surface area contributed by atoms with Crippen molar-refractivity contribution in [3.05, 3.63) is 95.1 Å². The summed E-state index contributed by atoms with van der Waals surface area (Å²) < 4.78 is 13.5. The maximum atomic E-state index is 13.8. The van der Waals surface area contributed by atoms with E-state index in [9.17, 15) is 14.7 Å². The molecular formula is C41H53N3O5. The molecule has 2 aliphatic heterocycles. The molecule has 8 heteroatoms. The highest BCUT2D eigenvalue weighted by atomic mass is 16.7. The van der Waals surface area contributed by atoms with Crippen molar-refractivity contribution in [3.8, 4) is 11.1 Å². The molecule has 0 radical (unpaired) electrons. The van der Waals surface area contributed by atoms with Crippen LogP contribution in [0.1, 0.15) is 107 Å². The Morgan fingerprint density at radius 1 is 0.857 bits per heavy atom. The van der Waals surface area contributed by atoms with E-state index in [1.54, 1.807) is 0 Å². The quantitative estimate of drug-likeness (QED) is 0.228. The van der Waals surface area contributed by atoms with E-state index >= 15 is 0 Å². The molecule has 49 heavy (non-hydrogen) atoms. The second-order valence-electron chi connectivity index (χ2n) is 15.2. The number of hydrogen-bond donors (Lipinski definition) is 3. The summed E-state index contributed by atoms with van der Waals surface area (Å²) >= 11 is 0. The predicted octanol–water partition coefficient (Wildman–Crippen LogP) is 6.97. The monoisotopic (exact) mass is 667 g/mol. The first-order chi connectivity index (χ1) is 23.6. The molecule has 2 saturated heterocycles. The minimum absolute atomic E-state index is 0.00179. The van der Waals surface area contributed by atoms with Gasteiger partial charge in [-0.25, -0.2) is 0 Å². The molecule has 2 amide bonds. The molecule has 262 valence electrons. The van der Waals surface area contributed by atoms with Crippen LogP contribution in [0, 0.1) is 5.92 Å². The molecule has 1 saturated carbocycles. The van der Waals surface area contributed by atoms with E-state index in [-0.39, 0.29) is 42.2 Å². The van der Waals surface area contributed by atoms with Crippen LogP contribution in [0.4, 0.5) is 0 Å². The predicted molar refractivity (Wildman–Crippen MR) is 191 cm³/mol. The second-order valence-corrected chi connectivity index (χ2v) is 15.2. The average Bonchev–Trinajstić information content (AvgIpc) is 3.10. The van der Waals surface area contributed by atoms with Crippen molar-refractivity contribution in [2.45, 2.75) is 122 Å². The first-order valence-corrected chi connectivity index (χ1v) is 18.1. The van der Waals surface area contributed by atoms with Gasteiger partial charge in [0.1, 0.15) is 0 Å². The first-order valence-electron chi connectivity index (χ1n) is 18.1. The normalized spacial score (nSPS) is 26.1. The third-order valence-electron chi connectivity index (χ3n) is 10.3. The number of nitrogens with zero attached hydrogens (tertiary/aromatic N) is 1. The van der Waals surface area contributed by atoms with Crippen LogP contribution in [-0.4, -0.2) is 52.1 Å². The second kappa shape index (κ2) is 15.5. The molecule has 1 aliphatic carbocycles. The highest BCUT2D eigenvalue weighted by Crippen LogP contribution is 2.42. The molecular weight excluding hydrogens is 614 g/mol. The van der Waals surface area contributed by atoms with Gasteiger partial charge in [0.2, 0.25) is 11.8 Å². The number of fused-ring (bicyclic) bond motifs is 1. The SMILES string of the molecule is CC(=O)NCc1cccc(-c2ccc([C@H]3O[C@@H](CN4[C@@H](C(=O)NC(C)(C)C)CC[C@H]5CCCC[C@H]54)C[C@@H](c4ccc(CO)cc4)O3)cc2)c1. The molecule has 0 bridgehead atoms. The zero-order valence-electron chi connectivity index (χ0n) is 29.5. The summed E-state index contributed by atoms with van der Waals surface area (Å²) in [6, 6.07) is 24.8. The van der Waals surface area contributed by atoms with Crippen molar-refractivity contribution in [3.63, 3.8) is 0 Å². The maximum absolute atomic E-state index is 13.8. The van der Waals surface area contributed by atoms with Gasteiger partial charge in [0.05, 0.1) is 24.9 Å². The van der Waals surface area contributed by atoms with Crippen molar-refractivity contribution >= 4 is 11.8 Å². The molecule has 3 aromatic carbocycles. The van der Waals surface area contributed by atoms with E-state index < -0.39 is 6.29 Å². The number of aliphatic hydroxyl groups is 1. The summed E-state index contributed by atoms with van der Waals surface area (Å²) in [5.74, 6) is 0.688. The Labute approximate surface area is 291 Å². The van der Waals surface area contributed by atoms with E-state index in [1.807, 2.05) is 57.2 Å². The Hall–Kier alpha value is -3.56. The van der Waals surface area contributed by atoms with Crippen LogP contribution < -0.4 is 10.6 Å². The summed E-state index contributed by atoms with van der Waals surface area (Å²) in [7, 11) is 0. The minimum Gasteiger partial charge on any atom is -0.392 e. The summed E-state index contributed by atoms with van der Waals surface area (Å²) in [5.41, 5.74) is 5.76. The Bertz CT molecular complexity index is 1570. The highest BCUT2D eigenvalue weighted by Gasteiger charge is 2.44. The van der Waals surface area contributed by atoms with Gasteiger partial charge < -0.3 is 25.2 Å². The molecule has 0 unspecified atom stereocenters. The number of piperidine rings is 1. The van der Waals surface area contributed by atoms with Gasteiger partial charge in [-0.1, -0.05) is 79.6 Å². The molecule has 2 heterocycles. The van der Waals surface area contributed by atoms with Crippen LogP contribution in [0.25, 0.3) is 11.1 Å². The average molecular weight is 668 g/mol. The molecule has 3 aromatic rings. The molecule has 3 aliphatic rings. The topological polar surface area (TPSA) is 100 Å². The summed E-state index contributed by atoms with van der Waals surface area (Å²) in [6.07, 6.45) is 6.55. The molecule has 6 atom stereocenters. The van der Waals surface area contributed by atoms with Crippen molar-refractivity contribution < 1.29 is 24.2 Å². The Kier molecular flexibility index (Phi) is 11.2. The van der Waals surface area contributed by atoms with Crippen LogP contribution in [0.5, 0.6) is 0 Å². The number of ether oxygens (including phenoxy) is 2. The van der Waals surface area contributed by atoms with E-state index in [0.717, 1.165) is 52.6 Å². The number of rotatable bonds is 9. The lowest BCUT2D eigenvalue weighted by molar-refractivity contribution is -0.255. The van der Waals surface area contributed by atoms with Crippen molar-refractivity contribution in [2.75, 3.05) is 6.54 Å². The van der Waals surface area contributed by atoms with Gasteiger partial charge in [0.15, 0.2) is 6.29 Å². The number of nitrogens with one attached hydrogen (secondary N) is 2. The molecule has 3 N–H and O–H groups in total. The Morgan fingerprint density at radius 3 is 2.31 bits per heavy atom. The summed E-state index contributed by atoms with van der Waals surface area (Å²) in [6.45, 7) is 8.84. The van der Waals surface area contributed by atoms with Gasteiger partial charge in [-0.3, -0.25) is 14.5 Å². The number of likely N-dealkylation sites (tertiary alicyclic amines) is 1. The lowest BCUT2D eigenvalue weighted by atomic mass is 9.75. The van der Waals surface area contributed by atoms with Crippen molar-refractivity contribution in [1.82, 2.24) is 15.5 Å². The van der Waals surface area contributed by atoms with Gasteiger partial charge in [0, 0.05) is 43.6 Å². The van der Waals surface area contributed by atoms with Gasteiger partial charge in [-0.15, -0.1) is 0 Å². The fraction of sp³-hybridized carbons (Fsp3) is 0.512. The lowest BCUT2D eigenvalue weighted by Gasteiger charge is -2.50. The van der Waals surface area contributed by atoms with E-state index in [2.05, 4.69) is 51.9 Å². The molecule has 6 rings (SSSR count). The third-order valence-corrected chi connectivity index (χ3v) is 10.3. The Balaban J connectivity index is 1.26. The maximum Gasteiger partial charge on any atom is 0.237 e. The minimum atomic E-state index is -0.574. The zero-order chi connectivity index (χ0) is 34.5. The Morgan fingerprint density at radius 2 is 1.59 bits per heavy atom. The van der Waals surface area contributed by atoms with Crippen LogP contribution in [0.15, 0.2) is 72.8 Å². The van der Waals surface area contributed by atoms with Gasteiger partial charge in [-0.2, -0.15) is 0 Å². The molecule has 0 spiro atoms. The van der Waals surface area contributed by atoms with Crippen LogP contribution in [0.2, 0.25) is 0 Å². The number of amides is 2. The molecule has 3 fully saturated rings. The number of hydrogen-bond acceptors (Lipinski definition) is 6. The number of benzene rings is 3. The number of carbonyl (C=O) groups is 2. The summed E-state index contributed by atoms with van der Waals surface area (Å²) in [4.78, 5) is 27.7. The zero-order valence-corrected chi connectivity index (χ0v) is 29.5. The molecule has 0 aromatic heterocycles. The smallest absolute Gasteiger partial charge is 0.237 e. The third kappa shape index (κ3) is 8.97. The van der Waals surface area contributed by atoms with Crippen LogP contribution >= 0.6 is 0 Å². The first kappa shape index (κ1) is 35.3. The van der Waals surface area contributed by atoms with Crippen LogP contribution in [0.3, 0.4) is 0 Å². The van der Waals surface area contributed by atoms with Gasteiger partial charge in [-0.05, 0) is 86.3 Å². The number of aliphatic hydroxyl groups excluding tert-OH is 1. The highest BCUT2D eigenvalue weighted by molar-refractivity contribution is 5.82. The van der Waals surface area contributed by atoms with E-state index in [4.69, 9.17) is 9.47 Å². The van der Waals surface area contributed by atoms with Crippen LogP contribution in [-0.2, 0) is 32.2 Å². The molecule has 8 nitrogen and oxygen atoms in total. The fourth-order valence-corrected chi connectivity index (χ4v) is 7.92. The summed E-state index contributed by atoms with van der Waals surface area (Å²) in [5, 5.41) is 15.8. The van der Waals surface area contributed by atoms with Gasteiger partial charge in [0.25, 0.3) is 0 Å². The lowest BCUT2D eigenvalue weighted by Crippen LogP contribution is -2.61. The largest absolute Gasteiger partial charge is 0.392 e. The van der Waals surface area contributed by atoms with Gasteiger partial charge >= 0.3 is 0 Å². The standard InChI is InChI=1S/C41H53N3O5/c1-27(46)42-24-29-8-7-10-34(22-29)30-16-18-33(19-17-30)40-48-35(23-38(49-40)32-14-12-28(26-45)13-15-32)25-44-36-11-6-5-9-31(36)20-21-37(44)39(47)43-41(2,3)4/h7-8,10,12-19,22,31,35-38,40,45H,5-6,9,11,20-21,23-26H2,1-4H3,(H,42,46)(H,43,47)/t31-,35-,36-,37-,38+,40+/m1/s1. The van der Waals surface area contributed by atoms with E-state index in [0.29, 0.717) is 31.5 Å².